The highest BCUT2D eigenvalue weighted by atomic mass is 32.2. The van der Waals surface area contributed by atoms with Crippen LogP contribution in [0.1, 0.15) is 17.3 Å². The maximum Gasteiger partial charge on any atom is 0.343 e. The van der Waals surface area contributed by atoms with Crippen molar-refractivity contribution in [2.75, 3.05) is 23.4 Å². The minimum Gasteiger partial charge on any atom is -0.462 e. The van der Waals surface area contributed by atoms with Gasteiger partial charge in [0.2, 0.25) is 11.0 Å². The minimum atomic E-state index is -0.556. The van der Waals surface area contributed by atoms with Crippen LogP contribution in [0.3, 0.4) is 0 Å². The van der Waals surface area contributed by atoms with Crippen molar-refractivity contribution < 1.29 is 14.3 Å². The van der Waals surface area contributed by atoms with E-state index in [9.17, 15) is 9.59 Å². The number of nitrogens with zero attached hydrogens (tertiary/aromatic N) is 4. The Labute approximate surface area is 162 Å². The lowest BCUT2D eigenvalue weighted by atomic mass is 10.3. The maximum absolute atomic E-state index is 12.4. The third-order valence-electron chi connectivity index (χ3n) is 3.27. The summed E-state index contributed by atoms with van der Waals surface area (Å²) in [5.41, 5.74) is 6.41. The zero-order valence-corrected chi connectivity index (χ0v) is 15.9. The number of aromatic nitrogens is 4. The fraction of sp³-hybridized carbons (Fsp3) is 0.188. The maximum atomic E-state index is 12.4. The van der Waals surface area contributed by atoms with Crippen molar-refractivity contribution in [3.05, 3.63) is 42.1 Å². The van der Waals surface area contributed by atoms with Gasteiger partial charge in [-0.25, -0.2) is 9.48 Å². The number of carbonyl (C=O) groups is 2. The summed E-state index contributed by atoms with van der Waals surface area (Å²) in [6, 6.07) is 9.17. The van der Waals surface area contributed by atoms with Crippen molar-refractivity contribution in [1.82, 2.24) is 20.0 Å². The second kappa shape index (κ2) is 8.64. The van der Waals surface area contributed by atoms with E-state index in [1.807, 2.05) is 30.3 Å². The summed E-state index contributed by atoms with van der Waals surface area (Å²) in [6.45, 7) is 1.93. The van der Waals surface area contributed by atoms with Crippen LogP contribution in [0.5, 0.6) is 0 Å². The number of nitrogens with two attached hydrogens (primary N) is 1. The molecule has 0 fully saturated rings. The fourth-order valence-electron chi connectivity index (χ4n) is 2.17. The number of rotatable bonds is 7. The molecule has 0 aliphatic heterocycles. The number of amides is 1. The van der Waals surface area contributed by atoms with Crippen molar-refractivity contribution in [3.63, 3.8) is 0 Å². The zero-order chi connectivity index (χ0) is 19.2. The molecule has 0 bridgehead atoms. The lowest BCUT2D eigenvalue weighted by molar-refractivity contribution is -0.113. The molecule has 2 heterocycles. The van der Waals surface area contributed by atoms with Crippen LogP contribution < -0.4 is 11.1 Å². The highest BCUT2D eigenvalue weighted by Gasteiger charge is 2.21. The van der Waals surface area contributed by atoms with E-state index in [-0.39, 0.29) is 29.6 Å². The first kappa shape index (κ1) is 18.9. The van der Waals surface area contributed by atoms with Crippen molar-refractivity contribution in [2.45, 2.75) is 11.3 Å². The Morgan fingerprint density at radius 2 is 2.07 bits per heavy atom. The minimum absolute atomic E-state index is 0.0802. The van der Waals surface area contributed by atoms with Gasteiger partial charge in [0.15, 0.2) is 10.2 Å². The molecule has 0 saturated heterocycles. The smallest absolute Gasteiger partial charge is 0.343 e. The van der Waals surface area contributed by atoms with Crippen molar-refractivity contribution in [3.8, 4) is 5.69 Å². The number of para-hydroxylation sites is 1. The van der Waals surface area contributed by atoms with Gasteiger partial charge in [-0.3, -0.25) is 4.79 Å². The van der Waals surface area contributed by atoms with Crippen molar-refractivity contribution in [1.29, 1.82) is 0 Å². The van der Waals surface area contributed by atoms with Crippen LogP contribution in [0.4, 0.5) is 10.9 Å². The van der Waals surface area contributed by atoms with Crippen LogP contribution in [0.25, 0.3) is 5.69 Å². The molecule has 3 rings (SSSR count). The largest absolute Gasteiger partial charge is 0.462 e. The lowest BCUT2D eigenvalue weighted by Gasteiger charge is -2.10. The Morgan fingerprint density at radius 3 is 2.74 bits per heavy atom. The average Bonchev–Trinajstić information content (AvgIpc) is 3.27. The summed E-state index contributed by atoms with van der Waals surface area (Å²) in [7, 11) is 0. The van der Waals surface area contributed by atoms with E-state index < -0.39 is 5.97 Å². The summed E-state index contributed by atoms with van der Waals surface area (Å²) < 4.78 is 7.12. The molecule has 2 aromatic heterocycles. The van der Waals surface area contributed by atoms with Crippen LogP contribution in [-0.4, -0.2) is 44.2 Å². The Bertz CT molecular complexity index is 941. The van der Waals surface area contributed by atoms with E-state index in [2.05, 4.69) is 20.6 Å². The molecule has 0 aliphatic carbocycles. The molecule has 0 radical (unpaired) electrons. The first-order valence-corrected chi connectivity index (χ1v) is 9.71. The third-order valence-corrected chi connectivity index (χ3v) is 5.16. The zero-order valence-electron chi connectivity index (χ0n) is 14.3. The van der Waals surface area contributed by atoms with Gasteiger partial charge < -0.3 is 15.8 Å². The predicted octanol–water partition coefficient (Wildman–Crippen LogP) is 2.21. The number of carbonyl (C=O) groups excluding carboxylic acids is 2. The van der Waals surface area contributed by atoms with Crippen LogP contribution in [-0.2, 0) is 9.53 Å². The number of hydrogen-bond acceptors (Lipinski definition) is 9. The summed E-state index contributed by atoms with van der Waals surface area (Å²) >= 11 is 2.40. The first-order chi connectivity index (χ1) is 13.1. The van der Waals surface area contributed by atoms with Gasteiger partial charge in [-0.1, -0.05) is 41.3 Å². The molecule has 9 nitrogen and oxygen atoms in total. The highest BCUT2D eigenvalue weighted by Crippen LogP contribution is 2.25. The molecule has 1 amide bonds. The van der Waals surface area contributed by atoms with E-state index in [1.165, 1.54) is 34.0 Å². The molecule has 0 spiro atoms. The Morgan fingerprint density at radius 1 is 1.30 bits per heavy atom. The second-order valence-electron chi connectivity index (χ2n) is 5.12. The van der Waals surface area contributed by atoms with E-state index in [0.29, 0.717) is 15.2 Å². The molecule has 0 unspecified atom stereocenters. The van der Waals surface area contributed by atoms with Gasteiger partial charge in [0, 0.05) is 0 Å². The van der Waals surface area contributed by atoms with E-state index in [0.717, 1.165) is 0 Å². The number of nitrogens with one attached hydrogen (secondary N) is 1. The molecule has 3 N–H and O–H groups in total. The van der Waals surface area contributed by atoms with Crippen LogP contribution >= 0.6 is 23.1 Å². The third kappa shape index (κ3) is 4.63. The van der Waals surface area contributed by atoms with E-state index in [1.54, 1.807) is 6.92 Å². The molecule has 27 heavy (non-hydrogen) atoms. The summed E-state index contributed by atoms with van der Waals surface area (Å²) in [5.74, 6) is -0.546. The number of benzene rings is 1. The number of hydrogen-bond donors (Lipinski definition) is 2. The van der Waals surface area contributed by atoms with Gasteiger partial charge in [0.05, 0.1) is 24.2 Å². The van der Waals surface area contributed by atoms with Crippen LogP contribution in [0, 0.1) is 0 Å². The van der Waals surface area contributed by atoms with Crippen molar-refractivity contribution in [2.24, 2.45) is 0 Å². The lowest BCUT2D eigenvalue weighted by Crippen LogP contribution is -2.19. The van der Waals surface area contributed by atoms with Crippen LogP contribution in [0.2, 0.25) is 0 Å². The normalized spacial score (nSPS) is 10.6. The van der Waals surface area contributed by atoms with Gasteiger partial charge in [0.1, 0.15) is 5.56 Å². The molecular formula is C16H16N6O3S2. The standard InChI is InChI=1S/C16H16N6O3S2/c1-2-25-14(24)11-8-18-22(10-6-4-3-5-7-10)13(11)19-12(23)9-26-16-21-20-15(17)27-16/h3-8H,2,9H2,1H3,(H2,17,20)(H,19,23). The number of ether oxygens (including phenoxy) is 1. The molecule has 0 saturated carbocycles. The molecule has 11 heteroatoms. The van der Waals surface area contributed by atoms with Gasteiger partial charge in [-0.2, -0.15) is 5.10 Å². The molecule has 0 atom stereocenters. The fourth-order valence-corrected chi connectivity index (χ4v) is 3.60. The summed E-state index contributed by atoms with van der Waals surface area (Å²) in [4.78, 5) is 24.6. The summed E-state index contributed by atoms with van der Waals surface area (Å²) in [5, 5.41) is 14.9. The molecule has 140 valence electrons. The Kier molecular flexibility index (Phi) is 6.04. The van der Waals surface area contributed by atoms with E-state index in [4.69, 9.17) is 10.5 Å². The highest BCUT2D eigenvalue weighted by molar-refractivity contribution is 8.01. The Balaban J connectivity index is 1.81. The SMILES string of the molecule is CCOC(=O)c1cnn(-c2ccccc2)c1NC(=O)CSc1nnc(N)s1. The quantitative estimate of drug-likeness (QED) is 0.453. The summed E-state index contributed by atoms with van der Waals surface area (Å²) in [6.07, 6.45) is 1.37. The van der Waals surface area contributed by atoms with Gasteiger partial charge in [0.25, 0.3) is 0 Å². The average molecular weight is 404 g/mol. The number of thioether (sulfide) groups is 1. The van der Waals surface area contributed by atoms with Crippen LogP contribution in [0.15, 0.2) is 40.9 Å². The first-order valence-electron chi connectivity index (χ1n) is 7.90. The predicted molar refractivity (Wildman–Crippen MR) is 103 cm³/mol. The van der Waals surface area contributed by atoms with Gasteiger partial charge in [-0.15, -0.1) is 10.2 Å². The molecule has 1 aromatic carbocycles. The second-order valence-corrected chi connectivity index (χ2v) is 7.35. The molecule has 3 aromatic rings. The Hall–Kier alpha value is -2.92. The number of nitrogen functional groups attached to an aromatic ring is 1. The van der Waals surface area contributed by atoms with Crippen molar-refractivity contribution >= 4 is 45.9 Å². The monoisotopic (exact) mass is 404 g/mol. The van der Waals surface area contributed by atoms with E-state index >= 15 is 0 Å². The van der Waals surface area contributed by atoms with Gasteiger partial charge in [-0.05, 0) is 19.1 Å². The topological polar surface area (TPSA) is 125 Å². The molecule has 0 aliphatic rings. The number of esters is 1. The van der Waals surface area contributed by atoms with Gasteiger partial charge >= 0.3 is 5.97 Å². The number of anilines is 2. The molecular weight excluding hydrogens is 388 g/mol.